The first-order chi connectivity index (χ1) is 7.70. The van der Waals surface area contributed by atoms with Crippen LogP contribution in [0.4, 0.5) is 8.78 Å². The number of benzene rings is 1. The number of halogens is 2. The Bertz CT molecular complexity index is 496. The Morgan fingerprint density at radius 3 is 2.69 bits per heavy atom. The summed E-state index contributed by atoms with van der Waals surface area (Å²) >= 11 is 0. The van der Waals surface area contributed by atoms with E-state index < -0.39 is 11.6 Å². The molecule has 2 aromatic rings. The van der Waals surface area contributed by atoms with Crippen LogP contribution in [0.5, 0.6) is 0 Å². The lowest BCUT2D eigenvalue weighted by molar-refractivity contribution is 0.386. The molecule has 3 nitrogen and oxygen atoms in total. The Morgan fingerprint density at radius 1 is 1.19 bits per heavy atom. The van der Waals surface area contributed by atoms with Crippen molar-refractivity contribution in [3.8, 4) is 11.3 Å². The van der Waals surface area contributed by atoms with Gasteiger partial charge < -0.3 is 10.3 Å². The Balaban J connectivity index is 2.31. The Kier molecular flexibility index (Phi) is 2.96. The number of hydrogen-bond donors (Lipinski definition) is 1. The van der Waals surface area contributed by atoms with Crippen molar-refractivity contribution < 1.29 is 13.3 Å². The van der Waals surface area contributed by atoms with Crippen molar-refractivity contribution in [2.24, 2.45) is 5.73 Å². The molecule has 1 aromatic carbocycles. The van der Waals surface area contributed by atoms with Gasteiger partial charge in [0.05, 0.1) is 0 Å². The van der Waals surface area contributed by atoms with Crippen LogP contribution in [0.2, 0.25) is 0 Å². The molecule has 0 atom stereocenters. The minimum Gasteiger partial charge on any atom is -0.361 e. The van der Waals surface area contributed by atoms with E-state index in [1.54, 1.807) is 6.07 Å². The lowest BCUT2D eigenvalue weighted by Crippen LogP contribution is -2.01. The van der Waals surface area contributed by atoms with Crippen molar-refractivity contribution in [2.75, 3.05) is 6.54 Å². The Hall–Kier alpha value is -1.75. The molecule has 0 aliphatic heterocycles. The van der Waals surface area contributed by atoms with Gasteiger partial charge in [0.15, 0.2) is 11.6 Å². The van der Waals surface area contributed by atoms with Gasteiger partial charge in [0, 0.05) is 18.1 Å². The van der Waals surface area contributed by atoms with Crippen LogP contribution in [-0.4, -0.2) is 11.7 Å². The third-order valence-corrected chi connectivity index (χ3v) is 2.17. The van der Waals surface area contributed by atoms with Gasteiger partial charge in [0.1, 0.15) is 11.5 Å². The molecular formula is C11H10F2N2O. The maximum Gasteiger partial charge on any atom is 0.159 e. The Morgan fingerprint density at radius 2 is 2.00 bits per heavy atom. The van der Waals surface area contributed by atoms with Crippen molar-refractivity contribution >= 4 is 0 Å². The summed E-state index contributed by atoms with van der Waals surface area (Å²) in [4.78, 5) is 0. The molecule has 2 rings (SSSR count). The second kappa shape index (κ2) is 4.40. The van der Waals surface area contributed by atoms with E-state index in [-0.39, 0.29) is 0 Å². The zero-order valence-electron chi connectivity index (χ0n) is 8.41. The van der Waals surface area contributed by atoms with Crippen molar-refractivity contribution in [2.45, 2.75) is 6.42 Å². The smallest absolute Gasteiger partial charge is 0.159 e. The predicted octanol–water partition coefficient (Wildman–Crippen LogP) is 2.12. The molecule has 0 amide bonds. The minimum atomic E-state index is -0.902. The lowest BCUT2D eigenvalue weighted by Gasteiger charge is -1.96. The van der Waals surface area contributed by atoms with Gasteiger partial charge in [0.25, 0.3) is 0 Å². The second-order valence-electron chi connectivity index (χ2n) is 3.35. The van der Waals surface area contributed by atoms with Gasteiger partial charge in [-0.3, -0.25) is 0 Å². The normalized spacial score (nSPS) is 10.7. The van der Waals surface area contributed by atoms with Gasteiger partial charge in [-0.1, -0.05) is 5.16 Å². The third kappa shape index (κ3) is 2.09. The van der Waals surface area contributed by atoms with Crippen molar-refractivity contribution in [1.82, 2.24) is 5.16 Å². The molecule has 0 bridgehead atoms. The van der Waals surface area contributed by atoms with E-state index in [4.69, 9.17) is 10.3 Å². The van der Waals surface area contributed by atoms with Crippen LogP contribution in [0.1, 0.15) is 5.76 Å². The molecule has 0 saturated carbocycles. The van der Waals surface area contributed by atoms with E-state index in [0.717, 1.165) is 12.1 Å². The zero-order valence-corrected chi connectivity index (χ0v) is 8.41. The van der Waals surface area contributed by atoms with Crippen LogP contribution in [0, 0.1) is 11.6 Å². The Labute approximate surface area is 90.9 Å². The molecule has 0 fully saturated rings. The van der Waals surface area contributed by atoms with Crippen LogP contribution in [0.25, 0.3) is 11.3 Å². The molecule has 0 radical (unpaired) electrons. The molecule has 0 unspecified atom stereocenters. The first-order valence-corrected chi connectivity index (χ1v) is 4.82. The summed E-state index contributed by atoms with van der Waals surface area (Å²) in [6.07, 6.45) is 0.566. The summed E-state index contributed by atoms with van der Waals surface area (Å²) in [5.74, 6) is -1.16. The number of aromatic nitrogens is 1. The highest BCUT2D eigenvalue weighted by atomic mass is 19.2. The first kappa shape index (κ1) is 10.8. The topological polar surface area (TPSA) is 52.0 Å². The van der Waals surface area contributed by atoms with Crippen molar-refractivity contribution in [3.05, 3.63) is 41.7 Å². The SMILES string of the molecule is NCCc1cc(-c2ccc(F)c(F)c2)no1. The summed E-state index contributed by atoms with van der Waals surface area (Å²) in [7, 11) is 0. The van der Waals surface area contributed by atoms with E-state index in [0.29, 0.717) is 30.0 Å². The fraction of sp³-hybridized carbons (Fsp3) is 0.182. The molecule has 0 aliphatic rings. The molecule has 0 aliphatic carbocycles. The number of hydrogen-bond acceptors (Lipinski definition) is 3. The second-order valence-corrected chi connectivity index (χ2v) is 3.35. The van der Waals surface area contributed by atoms with Gasteiger partial charge in [0.2, 0.25) is 0 Å². The average Bonchev–Trinajstić information content (AvgIpc) is 2.71. The number of nitrogens with two attached hydrogens (primary N) is 1. The third-order valence-electron chi connectivity index (χ3n) is 2.17. The molecule has 0 spiro atoms. The molecule has 5 heteroatoms. The van der Waals surface area contributed by atoms with Gasteiger partial charge in [-0.05, 0) is 24.7 Å². The summed E-state index contributed by atoms with van der Waals surface area (Å²) in [5, 5.41) is 3.76. The number of rotatable bonds is 3. The molecule has 84 valence electrons. The van der Waals surface area contributed by atoms with E-state index >= 15 is 0 Å². The predicted molar refractivity (Wildman–Crippen MR) is 54.6 cm³/mol. The lowest BCUT2D eigenvalue weighted by atomic mass is 10.1. The summed E-state index contributed by atoms with van der Waals surface area (Å²) in [6, 6.07) is 5.25. The van der Waals surface area contributed by atoms with Crippen LogP contribution in [0.15, 0.2) is 28.8 Å². The van der Waals surface area contributed by atoms with Gasteiger partial charge >= 0.3 is 0 Å². The quantitative estimate of drug-likeness (QED) is 0.868. The van der Waals surface area contributed by atoms with E-state index in [2.05, 4.69) is 5.16 Å². The maximum atomic E-state index is 13.0. The van der Waals surface area contributed by atoms with E-state index in [1.165, 1.54) is 6.07 Å². The largest absolute Gasteiger partial charge is 0.361 e. The average molecular weight is 224 g/mol. The highest BCUT2D eigenvalue weighted by Crippen LogP contribution is 2.21. The van der Waals surface area contributed by atoms with Crippen LogP contribution >= 0.6 is 0 Å². The molecule has 0 saturated heterocycles. The van der Waals surface area contributed by atoms with Crippen LogP contribution in [0.3, 0.4) is 0 Å². The van der Waals surface area contributed by atoms with E-state index in [9.17, 15) is 8.78 Å². The minimum absolute atomic E-state index is 0.451. The first-order valence-electron chi connectivity index (χ1n) is 4.82. The fourth-order valence-corrected chi connectivity index (χ4v) is 1.36. The van der Waals surface area contributed by atoms with Crippen LogP contribution in [-0.2, 0) is 6.42 Å². The van der Waals surface area contributed by atoms with Gasteiger partial charge in [-0.2, -0.15) is 0 Å². The summed E-state index contributed by atoms with van der Waals surface area (Å²) in [5.41, 5.74) is 6.31. The van der Waals surface area contributed by atoms with Crippen molar-refractivity contribution in [3.63, 3.8) is 0 Å². The highest BCUT2D eigenvalue weighted by Gasteiger charge is 2.09. The van der Waals surface area contributed by atoms with Crippen molar-refractivity contribution in [1.29, 1.82) is 0 Å². The summed E-state index contributed by atoms with van der Waals surface area (Å²) < 4.78 is 30.7. The maximum absolute atomic E-state index is 13.0. The number of nitrogens with zero attached hydrogens (tertiary/aromatic N) is 1. The van der Waals surface area contributed by atoms with Gasteiger partial charge in [-0.25, -0.2) is 8.78 Å². The standard InChI is InChI=1S/C11H10F2N2O/c12-9-2-1-7(5-10(9)13)11-6-8(3-4-14)16-15-11/h1-2,5-6H,3-4,14H2. The molecule has 1 aromatic heterocycles. The van der Waals surface area contributed by atoms with Gasteiger partial charge in [-0.15, -0.1) is 0 Å². The molecule has 2 N–H and O–H groups in total. The van der Waals surface area contributed by atoms with Crippen LogP contribution < -0.4 is 5.73 Å². The highest BCUT2D eigenvalue weighted by molar-refractivity contribution is 5.58. The van der Waals surface area contributed by atoms with E-state index in [1.807, 2.05) is 0 Å². The fourth-order valence-electron chi connectivity index (χ4n) is 1.36. The summed E-state index contributed by atoms with van der Waals surface area (Å²) in [6.45, 7) is 0.451. The molecular weight excluding hydrogens is 214 g/mol. The monoisotopic (exact) mass is 224 g/mol. The molecule has 16 heavy (non-hydrogen) atoms. The zero-order chi connectivity index (χ0) is 11.5. The molecule has 1 heterocycles.